The van der Waals surface area contributed by atoms with Crippen molar-refractivity contribution in [1.29, 1.82) is 5.26 Å². The van der Waals surface area contributed by atoms with Crippen molar-refractivity contribution in [2.24, 2.45) is 0 Å². The van der Waals surface area contributed by atoms with Gasteiger partial charge in [-0.2, -0.15) is 5.26 Å². The van der Waals surface area contributed by atoms with Crippen molar-refractivity contribution in [3.8, 4) is 11.8 Å². The van der Waals surface area contributed by atoms with E-state index in [-0.39, 0.29) is 17.7 Å². The predicted octanol–water partition coefficient (Wildman–Crippen LogP) is 2.41. The van der Waals surface area contributed by atoms with Crippen molar-refractivity contribution in [2.75, 3.05) is 36.4 Å². The number of anilines is 2. The highest BCUT2D eigenvalue weighted by Crippen LogP contribution is 2.21. The molecule has 1 fully saturated rings. The normalized spacial score (nSPS) is 15.9. The molecule has 6 heteroatoms. The molecule has 0 bridgehead atoms. The molecule has 1 amide bonds. The van der Waals surface area contributed by atoms with Crippen LogP contribution in [0.3, 0.4) is 0 Å². The minimum atomic E-state index is -0.274. The number of carbonyl (C=O) groups excluding carboxylic acids is 1. The molecule has 0 unspecified atom stereocenters. The van der Waals surface area contributed by atoms with Crippen molar-refractivity contribution < 1.29 is 9.90 Å². The Bertz CT molecular complexity index is 805. The highest BCUT2D eigenvalue weighted by molar-refractivity contribution is 5.95. The number of hydrogen-bond acceptors (Lipinski definition) is 5. The van der Waals surface area contributed by atoms with Crippen molar-refractivity contribution in [2.45, 2.75) is 13.0 Å². The Kier molecular flexibility index (Phi) is 5.40. The first kappa shape index (κ1) is 17.8. The van der Waals surface area contributed by atoms with E-state index in [0.29, 0.717) is 11.3 Å². The number of aromatic hydroxyl groups is 1. The van der Waals surface area contributed by atoms with Crippen molar-refractivity contribution >= 4 is 17.3 Å². The van der Waals surface area contributed by atoms with E-state index in [0.717, 1.165) is 31.9 Å². The summed E-state index contributed by atoms with van der Waals surface area (Å²) in [5.41, 5.74) is 2.09. The van der Waals surface area contributed by atoms with Crippen LogP contribution < -0.4 is 10.2 Å². The van der Waals surface area contributed by atoms with Crippen LogP contribution in [-0.4, -0.2) is 48.1 Å². The number of hydrogen-bond donors (Lipinski definition) is 2. The molecule has 1 saturated heterocycles. The summed E-state index contributed by atoms with van der Waals surface area (Å²) in [5.74, 6) is 0.154. The molecule has 3 rings (SSSR count). The molecule has 0 spiro atoms. The van der Waals surface area contributed by atoms with Gasteiger partial charge in [0.25, 0.3) is 0 Å². The largest absolute Gasteiger partial charge is 0.508 e. The van der Waals surface area contributed by atoms with Crippen LogP contribution in [0.5, 0.6) is 5.75 Å². The minimum absolute atomic E-state index is 0.106. The van der Waals surface area contributed by atoms with E-state index >= 15 is 0 Å². The number of rotatable bonds is 4. The summed E-state index contributed by atoms with van der Waals surface area (Å²) in [6.07, 6.45) is 0. The molecule has 1 atom stereocenters. The summed E-state index contributed by atoms with van der Waals surface area (Å²) in [7, 11) is 0. The molecule has 1 heterocycles. The minimum Gasteiger partial charge on any atom is -0.508 e. The zero-order valence-electron chi connectivity index (χ0n) is 14.7. The number of carbonyl (C=O) groups is 1. The monoisotopic (exact) mass is 350 g/mol. The Labute approximate surface area is 153 Å². The second kappa shape index (κ2) is 7.89. The van der Waals surface area contributed by atoms with Crippen LogP contribution in [0.2, 0.25) is 0 Å². The summed E-state index contributed by atoms with van der Waals surface area (Å²) in [5, 5.41) is 21.4. The van der Waals surface area contributed by atoms with Gasteiger partial charge in [-0.15, -0.1) is 0 Å². The van der Waals surface area contributed by atoms with Gasteiger partial charge >= 0.3 is 0 Å². The fourth-order valence-corrected chi connectivity index (χ4v) is 3.12. The fourth-order valence-electron chi connectivity index (χ4n) is 3.12. The highest BCUT2D eigenvalue weighted by Gasteiger charge is 2.26. The first-order valence-electron chi connectivity index (χ1n) is 8.66. The smallest absolute Gasteiger partial charge is 0.241 e. The Hall–Kier alpha value is -3.04. The van der Waals surface area contributed by atoms with Crippen LogP contribution >= 0.6 is 0 Å². The quantitative estimate of drug-likeness (QED) is 0.885. The van der Waals surface area contributed by atoms with Crippen LogP contribution in [0.4, 0.5) is 11.4 Å². The molecule has 6 nitrogen and oxygen atoms in total. The maximum atomic E-state index is 12.6. The summed E-state index contributed by atoms with van der Waals surface area (Å²) in [4.78, 5) is 16.9. The van der Waals surface area contributed by atoms with Crippen LogP contribution in [0.25, 0.3) is 0 Å². The van der Waals surface area contributed by atoms with Gasteiger partial charge in [0.1, 0.15) is 11.8 Å². The van der Waals surface area contributed by atoms with Crippen molar-refractivity contribution in [3.05, 3.63) is 54.1 Å². The highest BCUT2D eigenvalue weighted by atomic mass is 16.3. The van der Waals surface area contributed by atoms with Gasteiger partial charge in [0, 0.05) is 31.9 Å². The molecule has 2 aromatic carbocycles. The van der Waals surface area contributed by atoms with E-state index in [9.17, 15) is 9.90 Å². The van der Waals surface area contributed by atoms with E-state index < -0.39 is 0 Å². The van der Waals surface area contributed by atoms with E-state index in [2.05, 4.69) is 21.2 Å². The molecular formula is C20H22N4O2. The summed E-state index contributed by atoms with van der Waals surface area (Å²) < 4.78 is 0. The molecule has 0 aromatic heterocycles. The zero-order chi connectivity index (χ0) is 18.5. The predicted molar refractivity (Wildman–Crippen MR) is 101 cm³/mol. The molecule has 26 heavy (non-hydrogen) atoms. The maximum absolute atomic E-state index is 12.6. The topological polar surface area (TPSA) is 79.6 Å². The zero-order valence-corrected chi connectivity index (χ0v) is 14.7. The Morgan fingerprint density at radius 1 is 1.12 bits per heavy atom. The standard InChI is InChI=1S/C20H22N4O2/c1-15(20(26)22-19-5-3-2-4-16(19)14-21)23-10-12-24(13-11-23)17-6-8-18(25)9-7-17/h2-9,15,25H,10-13H2,1H3,(H,22,26)/t15-/m1/s1. The molecular weight excluding hydrogens is 328 g/mol. The Balaban J connectivity index is 1.57. The van der Waals surface area contributed by atoms with Gasteiger partial charge in [-0.05, 0) is 43.3 Å². The number of nitrogens with zero attached hydrogens (tertiary/aromatic N) is 3. The van der Waals surface area contributed by atoms with Crippen LogP contribution in [0, 0.1) is 11.3 Å². The number of nitrogens with one attached hydrogen (secondary N) is 1. The average molecular weight is 350 g/mol. The van der Waals surface area contributed by atoms with Gasteiger partial charge in [0.05, 0.1) is 17.3 Å². The third-order valence-corrected chi connectivity index (χ3v) is 4.76. The Morgan fingerprint density at radius 3 is 2.42 bits per heavy atom. The average Bonchev–Trinajstić information content (AvgIpc) is 2.68. The number of benzene rings is 2. The van der Waals surface area contributed by atoms with Gasteiger partial charge in [-0.1, -0.05) is 12.1 Å². The third kappa shape index (κ3) is 3.95. The summed E-state index contributed by atoms with van der Waals surface area (Å²) >= 11 is 0. The van der Waals surface area contributed by atoms with Crippen LogP contribution in [-0.2, 0) is 4.79 Å². The van der Waals surface area contributed by atoms with Crippen molar-refractivity contribution in [3.63, 3.8) is 0 Å². The molecule has 1 aliphatic heterocycles. The van der Waals surface area contributed by atoms with Gasteiger partial charge in [0.15, 0.2) is 0 Å². The van der Waals surface area contributed by atoms with E-state index in [4.69, 9.17) is 5.26 Å². The molecule has 1 aliphatic rings. The van der Waals surface area contributed by atoms with Gasteiger partial charge in [0.2, 0.25) is 5.91 Å². The van der Waals surface area contributed by atoms with Gasteiger partial charge in [-0.25, -0.2) is 0 Å². The van der Waals surface area contributed by atoms with Crippen LogP contribution in [0.1, 0.15) is 12.5 Å². The number of para-hydroxylation sites is 1. The molecule has 2 N–H and O–H groups in total. The van der Waals surface area contributed by atoms with E-state index in [1.165, 1.54) is 0 Å². The lowest BCUT2D eigenvalue weighted by Crippen LogP contribution is -2.52. The number of nitriles is 1. The lowest BCUT2D eigenvalue weighted by atomic mass is 10.1. The number of piperazine rings is 1. The van der Waals surface area contributed by atoms with Crippen molar-refractivity contribution in [1.82, 2.24) is 4.90 Å². The molecule has 0 saturated carbocycles. The lowest BCUT2D eigenvalue weighted by molar-refractivity contribution is -0.120. The SMILES string of the molecule is C[C@H](C(=O)Nc1ccccc1C#N)N1CCN(c2ccc(O)cc2)CC1. The second-order valence-corrected chi connectivity index (χ2v) is 6.36. The third-order valence-electron chi connectivity index (χ3n) is 4.76. The molecule has 2 aromatic rings. The first-order chi connectivity index (χ1) is 12.6. The maximum Gasteiger partial charge on any atom is 0.241 e. The number of phenolic OH excluding ortho intramolecular Hbond substituents is 1. The number of phenols is 1. The first-order valence-corrected chi connectivity index (χ1v) is 8.66. The van der Waals surface area contributed by atoms with E-state index in [1.807, 2.05) is 19.1 Å². The summed E-state index contributed by atoms with van der Waals surface area (Å²) in [6, 6.07) is 16.0. The molecule has 0 radical (unpaired) electrons. The molecule has 0 aliphatic carbocycles. The number of amides is 1. The fraction of sp³-hybridized carbons (Fsp3) is 0.300. The van der Waals surface area contributed by atoms with Crippen LogP contribution in [0.15, 0.2) is 48.5 Å². The Morgan fingerprint density at radius 2 is 1.77 bits per heavy atom. The van der Waals surface area contributed by atoms with E-state index in [1.54, 1.807) is 36.4 Å². The molecule has 134 valence electrons. The second-order valence-electron chi connectivity index (χ2n) is 6.36. The summed E-state index contributed by atoms with van der Waals surface area (Å²) in [6.45, 7) is 5.07. The van der Waals surface area contributed by atoms with Gasteiger partial charge < -0.3 is 15.3 Å². The van der Waals surface area contributed by atoms with Gasteiger partial charge in [-0.3, -0.25) is 9.69 Å². The lowest BCUT2D eigenvalue weighted by Gasteiger charge is -2.38.